The summed E-state index contributed by atoms with van der Waals surface area (Å²) in [7, 11) is 0. The second-order valence-corrected chi connectivity index (χ2v) is 10.1. The number of nitrogens with one attached hydrogen (secondary N) is 2. The molecule has 2 heterocycles. The Morgan fingerprint density at radius 3 is 2.54 bits per heavy atom. The van der Waals surface area contributed by atoms with Crippen molar-refractivity contribution in [2.24, 2.45) is 11.3 Å². The van der Waals surface area contributed by atoms with E-state index in [1.807, 2.05) is 30.3 Å². The molecule has 1 aromatic carbocycles. The zero-order chi connectivity index (χ0) is 20.1. The predicted octanol–water partition coefficient (Wildman–Crippen LogP) is 4.33. The summed E-state index contributed by atoms with van der Waals surface area (Å²) >= 11 is 1.52. The van der Waals surface area contributed by atoms with Crippen LogP contribution in [0.15, 0.2) is 52.1 Å². The molecule has 0 bridgehead atoms. The number of anilines is 1. The van der Waals surface area contributed by atoms with Gasteiger partial charge >= 0.3 is 0 Å². The molecule has 1 aromatic heterocycles. The highest BCUT2D eigenvalue weighted by atomic mass is 32.2. The predicted molar refractivity (Wildman–Crippen MR) is 113 cm³/mol. The molecular weight excluding hydrogens is 370 g/mol. The van der Waals surface area contributed by atoms with Crippen LogP contribution in [0.1, 0.15) is 51.2 Å². The van der Waals surface area contributed by atoms with Gasteiger partial charge in [0, 0.05) is 23.3 Å². The van der Waals surface area contributed by atoms with Crippen LogP contribution >= 0.6 is 11.8 Å². The molecule has 2 N–H and O–H groups in total. The molecule has 2 aromatic rings. The maximum absolute atomic E-state index is 13.1. The van der Waals surface area contributed by atoms with Gasteiger partial charge in [-0.3, -0.25) is 9.59 Å². The van der Waals surface area contributed by atoms with E-state index in [2.05, 4.69) is 44.1 Å². The Morgan fingerprint density at radius 1 is 1.14 bits per heavy atom. The number of benzene rings is 1. The van der Waals surface area contributed by atoms with Crippen molar-refractivity contribution >= 4 is 23.4 Å². The van der Waals surface area contributed by atoms with Gasteiger partial charge in [0.25, 0.3) is 5.56 Å². The first kappa shape index (κ1) is 19.0. The van der Waals surface area contributed by atoms with Crippen molar-refractivity contribution in [2.75, 3.05) is 5.32 Å². The monoisotopic (exact) mass is 395 g/mol. The van der Waals surface area contributed by atoms with Crippen molar-refractivity contribution in [3.63, 3.8) is 0 Å². The SMILES string of the molecule is CC(C)Sc1nc2c(c(=O)[nH]1)[C@@H](c1ccccc1)[C@@H]1C(=O)CC(C)(C)C=C1N2. The average Bonchev–Trinajstić information content (AvgIpc) is 2.59. The van der Waals surface area contributed by atoms with Crippen LogP contribution in [0.25, 0.3) is 0 Å². The summed E-state index contributed by atoms with van der Waals surface area (Å²) in [4.78, 5) is 33.8. The van der Waals surface area contributed by atoms with E-state index in [1.165, 1.54) is 11.8 Å². The minimum atomic E-state index is -0.380. The first-order chi connectivity index (χ1) is 13.2. The van der Waals surface area contributed by atoms with Crippen LogP contribution in [0.4, 0.5) is 5.82 Å². The zero-order valence-electron chi connectivity index (χ0n) is 16.6. The minimum absolute atomic E-state index is 0.162. The Kier molecular flexibility index (Phi) is 4.70. The van der Waals surface area contributed by atoms with Crippen LogP contribution in [-0.4, -0.2) is 21.0 Å². The van der Waals surface area contributed by atoms with Crippen molar-refractivity contribution in [3.8, 4) is 0 Å². The third-order valence-corrected chi connectivity index (χ3v) is 6.09. The Balaban J connectivity index is 1.94. The van der Waals surface area contributed by atoms with Gasteiger partial charge in [-0.1, -0.05) is 75.9 Å². The van der Waals surface area contributed by atoms with Crippen LogP contribution in [0.5, 0.6) is 0 Å². The fourth-order valence-corrected chi connectivity index (χ4v) is 4.96. The van der Waals surface area contributed by atoms with Crippen molar-refractivity contribution in [2.45, 2.75) is 50.4 Å². The molecule has 2 aliphatic rings. The lowest BCUT2D eigenvalue weighted by Gasteiger charge is -2.40. The Morgan fingerprint density at radius 2 is 1.86 bits per heavy atom. The summed E-state index contributed by atoms with van der Waals surface area (Å²) in [5.74, 6) is 0.0133. The summed E-state index contributed by atoms with van der Waals surface area (Å²) in [5, 5.41) is 4.23. The summed E-state index contributed by atoms with van der Waals surface area (Å²) < 4.78 is 0. The highest BCUT2D eigenvalue weighted by Gasteiger charge is 2.45. The maximum Gasteiger partial charge on any atom is 0.257 e. The number of hydrogen-bond donors (Lipinski definition) is 2. The summed E-state index contributed by atoms with van der Waals surface area (Å²) in [6, 6.07) is 9.81. The van der Waals surface area contributed by atoms with E-state index in [4.69, 9.17) is 4.98 Å². The number of aromatic amines is 1. The van der Waals surface area contributed by atoms with Gasteiger partial charge in [0.2, 0.25) is 0 Å². The quantitative estimate of drug-likeness (QED) is 0.598. The molecule has 4 rings (SSSR count). The summed E-state index contributed by atoms with van der Waals surface area (Å²) in [6.07, 6.45) is 2.60. The van der Waals surface area contributed by atoms with Gasteiger partial charge in [0.1, 0.15) is 11.6 Å². The van der Waals surface area contributed by atoms with Crippen molar-refractivity contribution in [1.29, 1.82) is 0 Å². The van der Waals surface area contributed by atoms with Gasteiger partial charge in [-0.25, -0.2) is 4.98 Å². The van der Waals surface area contributed by atoms with Crippen molar-refractivity contribution in [1.82, 2.24) is 9.97 Å². The number of aromatic nitrogens is 2. The topological polar surface area (TPSA) is 74.8 Å². The number of hydrogen-bond acceptors (Lipinski definition) is 5. The zero-order valence-corrected chi connectivity index (χ0v) is 17.4. The number of rotatable bonds is 3. The molecule has 0 fully saturated rings. The molecule has 146 valence electrons. The van der Waals surface area contributed by atoms with Gasteiger partial charge < -0.3 is 10.3 Å². The van der Waals surface area contributed by atoms with Crippen LogP contribution in [0, 0.1) is 11.3 Å². The van der Waals surface area contributed by atoms with Gasteiger partial charge in [0.05, 0.1) is 11.5 Å². The van der Waals surface area contributed by atoms with Crippen LogP contribution in [0.3, 0.4) is 0 Å². The first-order valence-electron chi connectivity index (χ1n) is 9.63. The number of nitrogens with zero attached hydrogens (tertiary/aromatic N) is 1. The standard InChI is InChI=1S/C22H25N3O2S/c1-12(2)28-21-24-19-18(20(27)25-21)16(13-8-6-5-7-9-13)17-14(23-19)10-22(3,4)11-15(17)26/h5-10,12,16-17H,11H2,1-4H3,(H2,23,24,25,27)/t16-,17-/m0/s1. The molecule has 0 unspecified atom stereocenters. The first-order valence-corrected chi connectivity index (χ1v) is 10.5. The Hall–Kier alpha value is -2.34. The number of allylic oxidation sites excluding steroid dienone is 2. The largest absolute Gasteiger partial charge is 0.343 e. The number of Topliss-reactive ketones (excluding diaryl/α,β-unsaturated/α-hetero) is 1. The second kappa shape index (κ2) is 6.92. The minimum Gasteiger partial charge on any atom is -0.343 e. The molecule has 1 aliphatic carbocycles. The Labute approximate surface area is 169 Å². The van der Waals surface area contributed by atoms with Crippen molar-refractivity contribution < 1.29 is 4.79 Å². The highest BCUT2D eigenvalue weighted by molar-refractivity contribution is 7.99. The lowest BCUT2D eigenvalue weighted by Crippen LogP contribution is -2.41. The lowest BCUT2D eigenvalue weighted by atomic mass is 9.67. The highest BCUT2D eigenvalue weighted by Crippen LogP contribution is 2.47. The van der Waals surface area contributed by atoms with Crippen LogP contribution < -0.4 is 10.9 Å². The van der Waals surface area contributed by atoms with E-state index in [0.29, 0.717) is 28.2 Å². The molecule has 2 atom stereocenters. The van der Waals surface area contributed by atoms with E-state index in [0.717, 1.165) is 11.3 Å². The third-order valence-electron chi connectivity index (χ3n) is 5.20. The maximum atomic E-state index is 13.1. The van der Waals surface area contributed by atoms with E-state index < -0.39 is 0 Å². The van der Waals surface area contributed by atoms with Crippen LogP contribution in [-0.2, 0) is 4.79 Å². The van der Waals surface area contributed by atoms with E-state index in [-0.39, 0.29) is 28.6 Å². The smallest absolute Gasteiger partial charge is 0.257 e. The fourth-order valence-electron chi connectivity index (χ4n) is 4.22. The molecule has 0 saturated carbocycles. The number of ketones is 1. The molecule has 5 nitrogen and oxygen atoms in total. The number of fused-ring (bicyclic) bond motifs is 2. The number of thioether (sulfide) groups is 1. The van der Waals surface area contributed by atoms with E-state index in [1.54, 1.807) is 0 Å². The molecule has 28 heavy (non-hydrogen) atoms. The molecular formula is C22H25N3O2S. The normalized spacial score (nSPS) is 22.9. The number of H-pyrrole nitrogens is 1. The lowest BCUT2D eigenvalue weighted by molar-refractivity contribution is -0.124. The van der Waals surface area contributed by atoms with Crippen molar-refractivity contribution in [3.05, 3.63) is 63.6 Å². The fraction of sp³-hybridized carbons (Fsp3) is 0.409. The molecule has 0 amide bonds. The van der Waals surface area contributed by atoms with Gasteiger partial charge in [-0.2, -0.15) is 0 Å². The molecule has 0 saturated heterocycles. The number of carbonyl (C=O) groups excluding carboxylic acids is 1. The molecule has 0 spiro atoms. The molecule has 0 radical (unpaired) electrons. The molecule has 1 aliphatic heterocycles. The molecule has 6 heteroatoms. The van der Waals surface area contributed by atoms with E-state index in [9.17, 15) is 9.59 Å². The van der Waals surface area contributed by atoms with Gasteiger partial charge in [-0.15, -0.1) is 0 Å². The summed E-state index contributed by atoms with van der Waals surface area (Å²) in [5.41, 5.74) is 1.98. The van der Waals surface area contributed by atoms with Gasteiger partial charge in [0.15, 0.2) is 5.16 Å². The Bertz CT molecular complexity index is 1010. The number of carbonyl (C=O) groups is 1. The third kappa shape index (κ3) is 3.41. The van der Waals surface area contributed by atoms with Gasteiger partial charge in [-0.05, 0) is 11.0 Å². The summed E-state index contributed by atoms with van der Waals surface area (Å²) in [6.45, 7) is 8.25. The second-order valence-electron chi connectivity index (χ2n) is 8.52. The van der Waals surface area contributed by atoms with Crippen LogP contribution in [0.2, 0.25) is 0 Å². The van der Waals surface area contributed by atoms with E-state index >= 15 is 0 Å². The average molecular weight is 396 g/mol.